The first-order valence-electron chi connectivity index (χ1n) is 3.58. The molecular formula is C8H14N2O2. The van der Waals surface area contributed by atoms with E-state index in [4.69, 9.17) is 10.8 Å². The first kappa shape index (κ1) is 10.7. The fourth-order valence-corrected chi connectivity index (χ4v) is 0.547. The third-order valence-corrected chi connectivity index (χ3v) is 1.27. The molecule has 0 unspecified atom stereocenters. The van der Waals surface area contributed by atoms with Gasteiger partial charge in [-0.2, -0.15) is 0 Å². The van der Waals surface area contributed by atoms with Gasteiger partial charge in [-0.3, -0.25) is 10.8 Å². The van der Waals surface area contributed by atoms with Gasteiger partial charge in [-0.15, -0.1) is 0 Å². The molecule has 0 radical (unpaired) electrons. The van der Waals surface area contributed by atoms with Crippen molar-refractivity contribution in [2.45, 2.75) is 12.8 Å². The highest BCUT2D eigenvalue weighted by molar-refractivity contribution is 5.75. The molecule has 0 rings (SSSR count). The predicted molar refractivity (Wildman–Crippen MR) is 47.8 cm³/mol. The lowest BCUT2D eigenvalue weighted by atomic mass is 10.3. The van der Waals surface area contributed by atoms with Crippen LogP contribution in [0.4, 0.5) is 0 Å². The summed E-state index contributed by atoms with van der Waals surface area (Å²) in [5.74, 6) is 0.436. The minimum absolute atomic E-state index is 0.218. The van der Waals surface area contributed by atoms with E-state index in [1.54, 1.807) is 12.2 Å². The molecule has 4 nitrogen and oxygen atoms in total. The van der Waals surface area contributed by atoms with Gasteiger partial charge in [-0.25, -0.2) is 0 Å². The third kappa shape index (κ3) is 5.46. The molecule has 68 valence electrons. The van der Waals surface area contributed by atoms with Gasteiger partial charge in [0.2, 0.25) is 0 Å². The Morgan fingerprint density at radius 3 is 1.58 bits per heavy atom. The maximum absolute atomic E-state index is 7.11. The molecule has 0 aliphatic heterocycles. The quantitative estimate of drug-likeness (QED) is 0.382. The lowest BCUT2D eigenvalue weighted by Crippen LogP contribution is -1.97. The van der Waals surface area contributed by atoms with Crippen molar-refractivity contribution in [2.75, 3.05) is 14.2 Å². The molecule has 0 aliphatic rings. The van der Waals surface area contributed by atoms with Crippen molar-refractivity contribution < 1.29 is 9.47 Å². The predicted octanol–water partition coefficient (Wildman–Crippen LogP) is 1.57. The maximum Gasteiger partial charge on any atom is 0.183 e. The molecule has 4 heteroatoms. The van der Waals surface area contributed by atoms with Crippen LogP contribution in [-0.2, 0) is 9.47 Å². The Labute approximate surface area is 72.2 Å². The van der Waals surface area contributed by atoms with Gasteiger partial charge in [0.15, 0.2) is 11.8 Å². The average molecular weight is 170 g/mol. The molecule has 2 N–H and O–H groups in total. The van der Waals surface area contributed by atoms with Crippen LogP contribution in [0.5, 0.6) is 0 Å². The summed E-state index contributed by atoms with van der Waals surface area (Å²) in [4.78, 5) is 0. The van der Waals surface area contributed by atoms with Crippen molar-refractivity contribution in [1.82, 2.24) is 0 Å². The highest BCUT2D eigenvalue weighted by atomic mass is 16.5. The number of rotatable bonds is 4. The normalized spacial score (nSPS) is 9.83. The smallest absolute Gasteiger partial charge is 0.183 e. The van der Waals surface area contributed by atoms with Crippen molar-refractivity contribution in [3.63, 3.8) is 0 Å². The van der Waals surface area contributed by atoms with Crippen LogP contribution < -0.4 is 0 Å². The maximum atomic E-state index is 7.11. The summed E-state index contributed by atoms with van der Waals surface area (Å²) >= 11 is 0. The van der Waals surface area contributed by atoms with Gasteiger partial charge in [0.25, 0.3) is 0 Å². The molecule has 0 fully saturated rings. The minimum atomic E-state index is 0.218. The molecule has 0 aromatic carbocycles. The number of methoxy groups -OCH3 is 2. The summed E-state index contributed by atoms with van der Waals surface area (Å²) in [5, 5.41) is 14.2. The molecule has 0 aliphatic carbocycles. The van der Waals surface area contributed by atoms with Crippen molar-refractivity contribution in [1.29, 1.82) is 10.8 Å². The van der Waals surface area contributed by atoms with E-state index in [-0.39, 0.29) is 11.8 Å². The SMILES string of the molecule is COC(=N)C/C=C/CC(=N)OC. The summed E-state index contributed by atoms with van der Waals surface area (Å²) in [6.07, 6.45) is 4.49. The van der Waals surface area contributed by atoms with E-state index >= 15 is 0 Å². The Balaban J connectivity index is 3.50. The van der Waals surface area contributed by atoms with Crippen molar-refractivity contribution >= 4 is 11.8 Å². The van der Waals surface area contributed by atoms with Crippen LogP contribution in [0.25, 0.3) is 0 Å². The Hall–Kier alpha value is -1.32. The van der Waals surface area contributed by atoms with Crippen LogP contribution in [0, 0.1) is 10.8 Å². The molecule has 0 bridgehead atoms. The van der Waals surface area contributed by atoms with Crippen LogP contribution in [0.1, 0.15) is 12.8 Å². The van der Waals surface area contributed by atoms with Crippen molar-refractivity contribution in [2.24, 2.45) is 0 Å². The molecule has 0 aromatic rings. The molecule has 0 atom stereocenters. The Morgan fingerprint density at radius 1 is 1.00 bits per heavy atom. The summed E-state index contributed by atoms with van der Waals surface area (Å²) in [6.45, 7) is 0. The summed E-state index contributed by atoms with van der Waals surface area (Å²) < 4.78 is 9.26. The minimum Gasteiger partial charge on any atom is -0.484 e. The van der Waals surface area contributed by atoms with E-state index in [0.29, 0.717) is 12.8 Å². The van der Waals surface area contributed by atoms with Gasteiger partial charge in [0.1, 0.15) is 0 Å². The van der Waals surface area contributed by atoms with Gasteiger partial charge in [0, 0.05) is 12.8 Å². The topological polar surface area (TPSA) is 66.2 Å². The van der Waals surface area contributed by atoms with Crippen LogP contribution in [-0.4, -0.2) is 26.0 Å². The van der Waals surface area contributed by atoms with Gasteiger partial charge in [-0.1, -0.05) is 12.2 Å². The monoisotopic (exact) mass is 170 g/mol. The molecule has 12 heavy (non-hydrogen) atoms. The fourth-order valence-electron chi connectivity index (χ4n) is 0.547. The van der Waals surface area contributed by atoms with Gasteiger partial charge in [-0.05, 0) is 0 Å². The van der Waals surface area contributed by atoms with Crippen LogP contribution in [0.15, 0.2) is 12.2 Å². The zero-order valence-corrected chi connectivity index (χ0v) is 7.39. The van der Waals surface area contributed by atoms with Crippen molar-refractivity contribution in [3.8, 4) is 0 Å². The number of hydrogen-bond donors (Lipinski definition) is 2. The molecule has 0 amide bonds. The van der Waals surface area contributed by atoms with E-state index in [1.165, 1.54) is 14.2 Å². The molecular weight excluding hydrogens is 156 g/mol. The Kier molecular flexibility index (Phi) is 5.69. The third-order valence-electron chi connectivity index (χ3n) is 1.27. The standard InChI is InChI=1S/C8H14N2O2/c1-11-7(9)5-3-4-6-8(10)12-2/h3-4,9-10H,5-6H2,1-2H3/b4-3+,9-7?,10-8?. The average Bonchev–Trinajstić information content (AvgIpc) is 2.11. The molecule has 0 heterocycles. The number of hydrogen-bond acceptors (Lipinski definition) is 4. The Morgan fingerprint density at radius 2 is 1.33 bits per heavy atom. The zero-order chi connectivity index (χ0) is 9.40. The van der Waals surface area contributed by atoms with E-state index in [2.05, 4.69) is 9.47 Å². The van der Waals surface area contributed by atoms with Gasteiger partial charge in [0.05, 0.1) is 14.2 Å². The summed E-state index contributed by atoms with van der Waals surface area (Å²) in [7, 11) is 2.93. The summed E-state index contributed by atoms with van der Waals surface area (Å²) in [6, 6.07) is 0. The van der Waals surface area contributed by atoms with Crippen molar-refractivity contribution in [3.05, 3.63) is 12.2 Å². The molecule has 0 spiro atoms. The highest BCUT2D eigenvalue weighted by Gasteiger charge is 1.90. The first-order valence-corrected chi connectivity index (χ1v) is 3.58. The highest BCUT2D eigenvalue weighted by Crippen LogP contribution is 1.91. The fraction of sp³-hybridized carbons (Fsp3) is 0.500. The van der Waals surface area contributed by atoms with E-state index < -0.39 is 0 Å². The van der Waals surface area contributed by atoms with Gasteiger partial charge >= 0.3 is 0 Å². The second kappa shape index (κ2) is 6.39. The molecule has 0 saturated heterocycles. The number of ether oxygens (including phenoxy) is 2. The van der Waals surface area contributed by atoms with Crippen LogP contribution in [0.2, 0.25) is 0 Å². The summed E-state index contributed by atoms with van der Waals surface area (Å²) in [5.41, 5.74) is 0. The van der Waals surface area contributed by atoms with E-state index in [9.17, 15) is 0 Å². The lowest BCUT2D eigenvalue weighted by molar-refractivity contribution is 0.389. The van der Waals surface area contributed by atoms with E-state index in [0.717, 1.165) is 0 Å². The zero-order valence-electron chi connectivity index (χ0n) is 7.39. The second-order valence-corrected chi connectivity index (χ2v) is 2.13. The lowest BCUT2D eigenvalue weighted by Gasteiger charge is -1.97. The number of nitrogens with one attached hydrogen (secondary N) is 2. The molecule has 0 aromatic heterocycles. The Bertz CT molecular complexity index is 167. The van der Waals surface area contributed by atoms with Gasteiger partial charge < -0.3 is 9.47 Å². The van der Waals surface area contributed by atoms with E-state index in [1.807, 2.05) is 0 Å². The second-order valence-electron chi connectivity index (χ2n) is 2.13. The molecule has 0 saturated carbocycles. The van der Waals surface area contributed by atoms with Crippen LogP contribution >= 0.6 is 0 Å². The largest absolute Gasteiger partial charge is 0.484 e. The van der Waals surface area contributed by atoms with Crippen LogP contribution in [0.3, 0.4) is 0 Å². The first-order chi connectivity index (χ1) is 5.70.